The van der Waals surface area contributed by atoms with Crippen molar-refractivity contribution >= 4 is 23.6 Å². The average Bonchev–Trinajstić information content (AvgIpc) is 3.34. The van der Waals surface area contributed by atoms with Gasteiger partial charge in [0, 0.05) is 11.7 Å². The van der Waals surface area contributed by atoms with Crippen LogP contribution in [0.2, 0.25) is 0 Å². The van der Waals surface area contributed by atoms with Gasteiger partial charge in [0.15, 0.2) is 17.9 Å². The highest BCUT2D eigenvalue weighted by molar-refractivity contribution is 6.02. The largest absolute Gasteiger partial charge is 0.459 e. The van der Waals surface area contributed by atoms with E-state index in [2.05, 4.69) is 10.6 Å². The molecule has 2 aromatic carbocycles. The summed E-state index contributed by atoms with van der Waals surface area (Å²) in [6.07, 6.45) is 2.03. The molecule has 2 N–H and O–H groups in total. The number of cyclic esters (lactones) is 1. The zero-order valence-corrected chi connectivity index (χ0v) is 18.7. The normalized spacial score (nSPS) is 19.6. The van der Waals surface area contributed by atoms with Crippen molar-refractivity contribution in [1.82, 2.24) is 10.2 Å². The van der Waals surface area contributed by atoms with Crippen LogP contribution in [0, 0.1) is 6.92 Å². The fourth-order valence-corrected chi connectivity index (χ4v) is 3.97. The van der Waals surface area contributed by atoms with E-state index < -0.39 is 18.2 Å². The third-order valence-electron chi connectivity index (χ3n) is 5.99. The van der Waals surface area contributed by atoms with Crippen molar-refractivity contribution in [3.05, 3.63) is 89.4 Å². The molecule has 1 aliphatic heterocycles. The topological polar surface area (TPSA) is 101 Å². The van der Waals surface area contributed by atoms with E-state index in [1.54, 1.807) is 36.4 Å². The minimum absolute atomic E-state index is 0.157. The van der Waals surface area contributed by atoms with Crippen LogP contribution in [0.4, 0.5) is 10.5 Å². The first-order valence-electron chi connectivity index (χ1n) is 11.3. The third-order valence-corrected chi connectivity index (χ3v) is 5.99. The number of amides is 3. The number of anilines is 1. The number of benzene rings is 2. The molecule has 0 spiro atoms. The first-order valence-corrected chi connectivity index (χ1v) is 11.3. The van der Waals surface area contributed by atoms with Crippen molar-refractivity contribution in [3.63, 3.8) is 0 Å². The van der Waals surface area contributed by atoms with Crippen LogP contribution in [-0.2, 0) is 16.1 Å². The fourth-order valence-electron chi connectivity index (χ4n) is 3.97. The SMILES string of the molecule is Cc1ccc(CN2C(=O)OC(c3ccc(NC(=O)c4ccco4)cc3)C2C(=O)NC2CC2)cc1. The predicted molar refractivity (Wildman–Crippen MR) is 124 cm³/mol. The molecule has 1 saturated carbocycles. The summed E-state index contributed by atoms with van der Waals surface area (Å²) in [5, 5.41) is 5.77. The van der Waals surface area contributed by atoms with Crippen molar-refractivity contribution in [2.75, 3.05) is 5.32 Å². The highest BCUT2D eigenvalue weighted by Crippen LogP contribution is 2.35. The average molecular weight is 460 g/mol. The number of furan rings is 1. The molecule has 1 aliphatic carbocycles. The molecule has 2 unspecified atom stereocenters. The highest BCUT2D eigenvalue weighted by atomic mass is 16.6. The second-order valence-corrected chi connectivity index (χ2v) is 8.70. The Bertz CT molecular complexity index is 1180. The van der Waals surface area contributed by atoms with E-state index >= 15 is 0 Å². The summed E-state index contributed by atoms with van der Waals surface area (Å²) in [5.41, 5.74) is 3.27. The van der Waals surface area contributed by atoms with Crippen molar-refractivity contribution < 1.29 is 23.5 Å². The van der Waals surface area contributed by atoms with E-state index in [0.717, 1.165) is 24.0 Å². The number of rotatable bonds is 7. The van der Waals surface area contributed by atoms with Gasteiger partial charge in [0.1, 0.15) is 0 Å². The van der Waals surface area contributed by atoms with Crippen LogP contribution in [0.3, 0.4) is 0 Å². The molecular formula is C26H25N3O5. The van der Waals surface area contributed by atoms with Crippen molar-refractivity contribution in [2.45, 2.75) is 44.5 Å². The Hall–Kier alpha value is -4.07. The van der Waals surface area contributed by atoms with E-state index in [1.165, 1.54) is 11.2 Å². The van der Waals surface area contributed by atoms with Gasteiger partial charge in [-0.1, -0.05) is 42.0 Å². The Morgan fingerprint density at radius 2 is 1.76 bits per heavy atom. The van der Waals surface area contributed by atoms with Gasteiger partial charge in [0.25, 0.3) is 5.91 Å². The number of carbonyl (C=O) groups is 3. The van der Waals surface area contributed by atoms with Gasteiger partial charge in [-0.05, 0) is 55.2 Å². The number of ether oxygens (including phenoxy) is 1. The smallest absolute Gasteiger partial charge is 0.411 e. The molecule has 34 heavy (non-hydrogen) atoms. The van der Waals surface area contributed by atoms with E-state index in [9.17, 15) is 14.4 Å². The van der Waals surface area contributed by atoms with Gasteiger partial charge >= 0.3 is 6.09 Å². The molecule has 8 heteroatoms. The number of hydrogen-bond acceptors (Lipinski definition) is 5. The number of carbonyl (C=O) groups excluding carboxylic acids is 3. The van der Waals surface area contributed by atoms with Gasteiger partial charge in [-0.25, -0.2) is 4.79 Å². The lowest BCUT2D eigenvalue weighted by molar-refractivity contribution is -0.126. The van der Waals surface area contributed by atoms with Crippen molar-refractivity contribution in [3.8, 4) is 0 Å². The van der Waals surface area contributed by atoms with Crippen LogP contribution in [0.15, 0.2) is 71.3 Å². The maximum absolute atomic E-state index is 13.2. The van der Waals surface area contributed by atoms with Gasteiger partial charge in [-0.3, -0.25) is 14.5 Å². The van der Waals surface area contributed by atoms with E-state index in [0.29, 0.717) is 11.3 Å². The molecule has 3 amide bonds. The highest BCUT2D eigenvalue weighted by Gasteiger charge is 2.47. The van der Waals surface area contributed by atoms with E-state index in [1.807, 2.05) is 31.2 Å². The Kier molecular flexibility index (Phi) is 5.79. The van der Waals surface area contributed by atoms with Gasteiger partial charge in [-0.15, -0.1) is 0 Å². The Morgan fingerprint density at radius 3 is 2.41 bits per heavy atom. The lowest BCUT2D eigenvalue weighted by Gasteiger charge is -2.24. The Labute approximate surface area is 196 Å². The molecule has 174 valence electrons. The fraction of sp³-hybridized carbons (Fsp3) is 0.269. The molecular weight excluding hydrogens is 434 g/mol. The summed E-state index contributed by atoms with van der Waals surface area (Å²) < 4.78 is 10.8. The quantitative estimate of drug-likeness (QED) is 0.552. The molecule has 5 rings (SSSR count). The first kappa shape index (κ1) is 21.8. The molecule has 8 nitrogen and oxygen atoms in total. The second-order valence-electron chi connectivity index (χ2n) is 8.70. The van der Waals surface area contributed by atoms with Crippen molar-refractivity contribution in [2.24, 2.45) is 0 Å². The van der Waals surface area contributed by atoms with Gasteiger partial charge < -0.3 is 19.8 Å². The second kappa shape index (κ2) is 9.05. The molecule has 0 bridgehead atoms. The molecule has 1 aromatic heterocycles. The van der Waals surface area contributed by atoms with Gasteiger partial charge in [-0.2, -0.15) is 0 Å². The van der Waals surface area contributed by atoms with E-state index in [-0.39, 0.29) is 30.2 Å². The van der Waals surface area contributed by atoms with E-state index in [4.69, 9.17) is 9.15 Å². The maximum Gasteiger partial charge on any atom is 0.411 e. The summed E-state index contributed by atoms with van der Waals surface area (Å²) in [7, 11) is 0. The summed E-state index contributed by atoms with van der Waals surface area (Å²) in [5.74, 6) is -0.381. The van der Waals surface area contributed by atoms with Crippen molar-refractivity contribution in [1.29, 1.82) is 0 Å². The van der Waals surface area contributed by atoms with Crippen LogP contribution >= 0.6 is 0 Å². The lowest BCUT2D eigenvalue weighted by Crippen LogP contribution is -2.46. The molecule has 2 fully saturated rings. The molecule has 2 heterocycles. The van der Waals surface area contributed by atoms with Crippen LogP contribution in [0.5, 0.6) is 0 Å². The summed E-state index contributed by atoms with van der Waals surface area (Å²) in [6, 6.07) is 17.4. The van der Waals surface area contributed by atoms with Gasteiger partial charge in [0.2, 0.25) is 5.91 Å². The summed E-state index contributed by atoms with van der Waals surface area (Å²) in [4.78, 5) is 39.7. The molecule has 2 aliphatic rings. The molecule has 0 radical (unpaired) electrons. The molecule has 2 atom stereocenters. The number of aryl methyl sites for hydroxylation is 1. The minimum Gasteiger partial charge on any atom is -0.459 e. The lowest BCUT2D eigenvalue weighted by atomic mass is 10.00. The minimum atomic E-state index is -0.794. The zero-order valence-electron chi connectivity index (χ0n) is 18.7. The maximum atomic E-state index is 13.2. The number of nitrogens with zero attached hydrogens (tertiary/aromatic N) is 1. The van der Waals surface area contributed by atoms with Crippen LogP contribution in [0.25, 0.3) is 0 Å². The Morgan fingerprint density at radius 1 is 1.03 bits per heavy atom. The zero-order chi connectivity index (χ0) is 23.7. The number of hydrogen-bond donors (Lipinski definition) is 2. The number of nitrogens with one attached hydrogen (secondary N) is 2. The molecule has 1 saturated heterocycles. The standard InChI is InChI=1S/C26H25N3O5/c1-16-4-6-17(7-5-16)15-29-22(25(31)28-20-12-13-20)23(34-26(29)32)18-8-10-19(11-9-18)27-24(30)21-3-2-14-33-21/h2-11,14,20,22-23H,12-13,15H2,1H3,(H,27,30)(H,28,31). The predicted octanol–water partition coefficient (Wildman–Crippen LogP) is 4.18. The third kappa shape index (κ3) is 4.66. The summed E-state index contributed by atoms with van der Waals surface area (Å²) in [6.45, 7) is 2.27. The first-order chi connectivity index (χ1) is 16.5. The molecule has 3 aromatic rings. The van der Waals surface area contributed by atoms with Gasteiger partial charge in [0.05, 0.1) is 12.8 Å². The van der Waals surface area contributed by atoms with Crippen LogP contribution in [-0.4, -0.2) is 34.9 Å². The van der Waals surface area contributed by atoms with Crippen LogP contribution in [0.1, 0.15) is 46.2 Å². The summed E-state index contributed by atoms with van der Waals surface area (Å²) >= 11 is 0. The Balaban J connectivity index is 1.36. The van der Waals surface area contributed by atoms with Crippen LogP contribution < -0.4 is 10.6 Å². The monoisotopic (exact) mass is 459 g/mol.